The van der Waals surface area contributed by atoms with Gasteiger partial charge in [0, 0.05) is 13.1 Å². The summed E-state index contributed by atoms with van der Waals surface area (Å²) in [6.45, 7) is 2.18. The van der Waals surface area contributed by atoms with E-state index < -0.39 is 0 Å². The van der Waals surface area contributed by atoms with Crippen LogP contribution in [0.3, 0.4) is 0 Å². The fraction of sp³-hybridized carbons (Fsp3) is 0.500. The van der Waals surface area contributed by atoms with Crippen molar-refractivity contribution in [3.05, 3.63) is 12.5 Å². The number of nitrogens with zero attached hydrogens (tertiary/aromatic N) is 4. The Morgan fingerprint density at radius 3 is 2.87 bits per heavy atom. The minimum absolute atomic E-state index is 0.755. The van der Waals surface area contributed by atoms with Crippen molar-refractivity contribution in [3.8, 4) is 0 Å². The van der Waals surface area contributed by atoms with Gasteiger partial charge in [0.1, 0.15) is 11.8 Å². The van der Waals surface area contributed by atoms with Crippen LogP contribution in [0.25, 0.3) is 11.2 Å². The van der Waals surface area contributed by atoms with Crippen molar-refractivity contribution < 1.29 is 0 Å². The molecule has 0 aromatic carbocycles. The molecule has 0 bridgehead atoms. The predicted octanol–water partition coefficient (Wildman–Crippen LogP) is 1.34. The number of anilines is 1. The first-order valence-electron chi connectivity index (χ1n) is 5.34. The Balaban J connectivity index is 1.96. The number of hydrogen-bond acceptors (Lipinski definition) is 4. The van der Waals surface area contributed by atoms with Gasteiger partial charge in [-0.2, -0.15) is 4.98 Å². The third kappa shape index (κ3) is 1.54. The highest BCUT2D eigenvalue weighted by Crippen LogP contribution is 2.18. The summed E-state index contributed by atoms with van der Waals surface area (Å²) in [5, 5.41) is 0. The van der Waals surface area contributed by atoms with Gasteiger partial charge in [0.2, 0.25) is 5.95 Å². The van der Waals surface area contributed by atoms with E-state index in [1.807, 2.05) is 0 Å². The zero-order chi connectivity index (χ0) is 10.1. The molecule has 1 aliphatic rings. The van der Waals surface area contributed by atoms with Crippen LogP contribution in [0, 0.1) is 0 Å². The molecule has 0 saturated carbocycles. The van der Waals surface area contributed by atoms with E-state index in [1.54, 1.807) is 6.20 Å². The lowest BCUT2D eigenvalue weighted by atomic mass is 10.1. The van der Waals surface area contributed by atoms with Gasteiger partial charge in [-0.3, -0.25) is 0 Å². The maximum absolute atomic E-state index is 4.46. The average molecular weight is 203 g/mol. The summed E-state index contributed by atoms with van der Waals surface area (Å²) in [6, 6.07) is 0. The number of fused-ring (bicyclic) bond motifs is 1. The Morgan fingerprint density at radius 2 is 2.07 bits per heavy atom. The summed E-state index contributed by atoms with van der Waals surface area (Å²) in [5.41, 5.74) is 1.67. The van der Waals surface area contributed by atoms with E-state index in [-0.39, 0.29) is 0 Å². The first-order valence-corrected chi connectivity index (χ1v) is 5.34. The summed E-state index contributed by atoms with van der Waals surface area (Å²) in [6.07, 6.45) is 7.13. The molecule has 0 unspecified atom stereocenters. The van der Waals surface area contributed by atoms with Crippen molar-refractivity contribution in [1.82, 2.24) is 19.9 Å². The molecule has 1 N–H and O–H groups in total. The molecule has 1 saturated heterocycles. The summed E-state index contributed by atoms with van der Waals surface area (Å²) in [7, 11) is 0. The van der Waals surface area contributed by atoms with Crippen LogP contribution in [0.1, 0.15) is 19.3 Å². The minimum atomic E-state index is 0.755. The van der Waals surface area contributed by atoms with Crippen molar-refractivity contribution in [2.24, 2.45) is 0 Å². The van der Waals surface area contributed by atoms with Crippen molar-refractivity contribution in [1.29, 1.82) is 0 Å². The monoisotopic (exact) mass is 203 g/mol. The van der Waals surface area contributed by atoms with Crippen molar-refractivity contribution >= 4 is 17.1 Å². The normalized spacial score (nSPS) is 17.2. The molecule has 15 heavy (non-hydrogen) atoms. The Bertz CT molecular complexity index is 425. The molecular formula is C10H13N5. The van der Waals surface area contributed by atoms with Gasteiger partial charge in [-0.15, -0.1) is 0 Å². The summed E-state index contributed by atoms with van der Waals surface area (Å²) in [5.74, 6) is 0.935. The Hall–Kier alpha value is -1.65. The Labute approximate surface area is 87.6 Å². The molecule has 0 radical (unpaired) electrons. The quantitative estimate of drug-likeness (QED) is 0.760. The molecule has 0 spiro atoms. The molecular weight excluding hydrogens is 190 g/mol. The average Bonchev–Trinajstić information content (AvgIpc) is 2.74. The maximum atomic E-state index is 4.46. The number of aromatic amines is 1. The van der Waals surface area contributed by atoms with E-state index in [1.165, 1.54) is 25.6 Å². The third-order valence-electron chi connectivity index (χ3n) is 2.81. The van der Waals surface area contributed by atoms with Gasteiger partial charge >= 0.3 is 0 Å². The first kappa shape index (κ1) is 8.64. The highest BCUT2D eigenvalue weighted by molar-refractivity contribution is 5.72. The van der Waals surface area contributed by atoms with E-state index in [4.69, 9.17) is 0 Å². The molecule has 3 rings (SSSR count). The number of rotatable bonds is 1. The highest BCUT2D eigenvalue weighted by Gasteiger charge is 2.14. The van der Waals surface area contributed by atoms with E-state index in [2.05, 4.69) is 24.8 Å². The second-order valence-corrected chi connectivity index (χ2v) is 3.87. The number of H-pyrrole nitrogens is 1. The van der Waals surface area contributed by atoms with Gasteiger partial charge in [-0.25, -0.2) is 9.97 Å². The molecule has 2 aromatic rings. The van der Waals surface area contributed by atoms with Crippen molar-refractivity contribution in [2.75, 3.05) is 18.0 Å². The van der Waals surface area contributed by atoms with E-state index in [0.29, 0.717) is 0 Å². The molecule has 2 aromatic heterocycles. The van der Waals surface area contributed by atoms with Crippen molar-refractivity contribution in [3.63, 3.8) is 0 Å². The third-order valence-corrected chi connectivity index (χ3v) is 2.81. The fourth-order valence-corrected chi connectivity index (χ4v) is 2.00. The van der Waals surface area contributed by atoms with Crippen molar-refractivity contribution in [2.45, 2.75) is 19.3 Å². The standard InChI is InChI=1S/C10H13N5/c1-2-4-15(5-3-1)10-13-8-6-11-7-12-9(8)14-10/h6-7H,1-5H2,(H,11,12,13,14). The molecule has 1 fully saturated rings. The smallest absolute Gasteiger partial charge is 0.205 e. The largest absolute Gasteiger partial charge is 0.342 e. The molecule has 1 aliphatic heterocycles. The first-order chi connectivity index (χ1) is 7.43. The zero-order valence-corrected chi connectivity index (χ0v) is 8.48. The molecule has 3 heterocycles. The maximum Gasteiger partial charge on any atom is 0.205 e. The summed E-state index contributed by atoms with van der Waals surface area (Å²) < 4.78 is 0. The van der Waals surface area contributed by atoms with E-state index >= 15 is 0 Å². The van der Waals surface area contributed by atoms with Gasteiger partial charge in [0.05, 0.1) is 6.20 Å². The molecule has 0 atom stereocenters. The number of imidazole rings is 1. The van der Waals surface area contributed by atoms with Gasteiger partial charge in [-0.1, -0.05) is 0 Å². The van der Waals surface area contributed by atoms with Gasteiger partial charge < -0.3 is 9.88 Å². The van der Waals surface area contributed by atoms with Crippen LogP contribution < -0.4 is 4.90 Å². The lowest BCUT2D eigenvalue weighted by Gasteiger charge is -2.25. The number of piperidine rings is 1. The van der Waals surface area contributed by atoms with Crippen LogP contribution in [0.2, 0.25) is 0 Å². The molecule has 5 nitrogen and oxygen atoms in total. The fourth-order valence-electron chi connectivity index (χ4n) is 2.00. The van der Waals surface area contributed by atoms with Crippen LogP contribution in [-0.4, -0.2) is 33.0 Å². The van der Waals surface area contributed by atoms with E-state index in [9.17, 15) is 0 Å². The number of nitrogens with one attached hydrogen (secondary N) is 1. The lowest BCUT2D eigenvalue weighted by Crippen LogP contribution is -2.30. The van der Waals surface area contributed by atoms with Crippen LogP contribution in [-0.2, 0) is 0 Å². The van der Waals surface area contributed by atoms with Gasteiger partial charge in [0.25, 0.3) is 0 Å². The predicted molar refractivity (Wildman–Crippen MR) is 57.7 cm³/mol. The number of hydrogen-bond donors (Lipinski definition) is 1. The van der Waals surface area contributed by atoms with Crippen LogP contribution in [0.4, 0.5) is 5.95 Å². The highest BCUT2D eigenvalue weighted by atomic mass is 15.3. The Morgan fingerprint density at radius 1 is 1.20 bits per heavy atom. The molecule has 0 amide bonds. The summed E-state index contributed by atoms with van der Waals surface area (Å²) in [4.78, 5) is 18.1. The lowest BCUT2D eigenvalue weighted by molar-refractivity contribution is 0.570. The van der Waals surface area contributed by atoms with Crippen LogP contribution in [0.15, 0.2) is 12.5 Å². The minimum Gasteiger partial charge on any atom is -0.342 e. The van der Waals surface area contributed by atoms with Gasteiger partial charge in [0.15, 0.2) is 5.65 Å². The Kier molecular flexibility index (Phi) is 2.01. The van der Waals surface area contributed by atoms with Crippen LogP contribution >= 0.6 is 0 Å². The topological polar surface area (TPSA) is 57.7 Å². The second-order valence-electron chi connectivity index (χ2n) is 3.87. The number of aromatic nitrogens is 4. The molecule has 0 aliphatic carbocycles. The second kappa shape index (κ2) is 3.49. The SMILES string of the molecule is c1ncc2[nH]c(N3CCCCC3)nc2n1. The molecule has 5 heteroatoms. The molecule has 78 valence electrons. The zero-order valence-electron chi connectivity index (χ0n) is 8.48. The van der Waals surface area contributed by atoms with E-state index in [0.717, 1.165) is 30.2 Å². The van der Waals surface area contributed by atoms with Gasteiger partial charge in [-0.05, 0) is 19.3 Å². The summed E-state index contributed by atoms with van der Waals surface area (Å²) >= 11 is 0. The van der Waals surface area contributed by atoms with Crippen LogP contribution in [0.5, 0.6) is 0 Å².